The Labute approximate surface area is 84.0 Å². The maximum Gasteiger partial charge on any atom is -0.0201 e. The molecule has 0 aromatic rings. The summed E-state index contributed by atoms with van der Waals surface area (Å²) >= 11 is 0. The van der Waals surface area contributed by atoms with Gasteiger partial charge in [0.05, 0.1) is 0 Å². The molecule has 0 aliphatic carbocycles. The Morgan fingerprint density at radius 3 is 2.85 bits per heavy atom. The largest absolute Gasteiger partial charge is 0.0951 e. The van der Waals surface area contributed by atoms with E-state index in [1.54, 1.807) is 0 Å². The molecule has 13 heavy (non-hydrogen) atoms. The van der Waals surface area contributed by atoms with E-state index in [9.17, 15) is 0 Å². The number of hydrogen-bond donors (Lipinski definition) is 0. The van der Waals surface area contributed by atoms with Crippen molar-refractivity contribution in [2.24, 2.45) is 0 Å². The van der Waals surface area contributed by atoms with Crippen molar-refractivity contribution in [2.75, 3.05) is 0 Å². The van der Waals surface area contributed by atoms with Gasteiger partial charge in [0.1, 0.15) is 0 Å². The van der Waals surface area contributed by atoms with E-state index in [2.05, 4.69) is 35.4 Å². The maximum atomic E-state index is 3.68. The van der Waals surface area contributed by atoms with Gasteiger partial charge in [0, 0.05) is 0 Å². The second-order valence-corrected chi connectivity index (χ2v) is 4.86. The molecule has 1 aliphatic heterocycles. The zero-order chi connectivity index (χ0) is 9.52. The first-order valence-electron chi connectivity index (χ1n) is 5.00. The van der Waals surface area contributed by atoms with Crippen molar-refractivity contribution in [3.05, 3.63) is 29.0 Å². The Kier molecular flexibility index (Phi) is 4.88. The lowest BCUT2D eigenvalue weighted by molar-refractivity contribution is 0.668. The Bertz CT molecular complexity index is 265. The molecular formula is C12H18S. The molecule has 0 fully saturated rings. The predicted octanol–water partition coefficient (Wildman–Crippen LogP) is 4.22. The Morgan fingerprint density at radius 1 is 1.38 bits per heavy atom. The lowest BCUT2D eigenvalue weighted by atomic mass is 10.1. The van der Waals surface area contributed by atoms with E-state index < -0.39 is 0 Å². The van der Waals surface area contributed by atoms with E-state index in [1.165, 1.54) is 37.7 Å². The van der Waals surface area contributed by atoms with Crippen LogP contribution in [-0.4, -0.2) is 5.02 Å². The molecule has 72 valence electrons. The van der Waals surface area contributed by atoms with Crippen LogP contribution in [0.5, 0.6) is 0 Å². The third kappa shape index (κ3) is 3.80. The van der Waals surface area contributed by atoms with Crippen molar-refractivity contribution in [2.45, 2.75) is 39.0 Å². The summed E-state index contributed by atoms with van der Waals surface area (Å²) in [6.45, 7) is 5.93. The second-order valence-electron chi connectivity index (χ2n) is 3.32. The highest BCUT2D eigenvalue weighted by molar-refractivity contribution is 8.19. The molecule has 1 rings (SSSR count). The molecule has 1 aliphatic rings. The molecule has 0 amide bonds. The lowest BCUT2D eigenvalue weighted by Gasteiger charge is -1.98. The first-order valence-corrected chi connectivity index (χ1v) is 6.35. The Hall–Kier alpha value is -0.520. The van der Waals surface area contributed by atoms with Crippen molar-refractivity contribution in [3.63, 3.8) is 0 Å². The van der Waals surface area contributed by atoms with Gasteiger partial charge in [0.15, 0.2) is 0 Å². The molecule has 1 atom stereocenters. The molecule has 0 aromatic heterocycles. The quantitative estimate of drug-likeness (QED) is 0.454. The fourth-order valence-electron chi connectivity index (χ4n) is 1.39. The summed E-state index contributed by atoms with van der Waals surface area (Å²) in [6, 6.07) is 0. The molecule has 1 heterocycles. The monoisotopic (exact) mass is 194 g/mol. The number of rotatable bonds is 5. The van der Waals surface area contributed by atoms with E-state index in [0.717, 1.165) is 0 Å². The van der Waals surface area contributed by atoms with Crippen LogP contribution >= 0.6 is 10.5 Å². The van der Waals surface area contributed by atoms with Crippen LogP contribution in [0.25, 0.3) is 0 Å². The van der Waals surface area contributed by atoms with Gasteiger partial charge in [-0.2, -0.15) is 0 Å². The number of unbranched alkanes of at least 4 members (excludes halogenated alkanes) is 3. The number of allylic oxidation sites excluding steroid dienone is 2. The Morgan fingerprint density at radius 2 is 2.23 bits per heavy atom. The molecule has 0 nitrogen and oxygen atoms in total. The van der Waals surface area contributed by atoms with Gasteiger partial charge in [-0.05, 0) is 35.8 Å². The summed E-state index contributed by atoms with van der Waals surface area (Å²) in [7, 11) is 0.125. The van der Waals surface area contributed by atoms with Gasteiger partial charge in [0.2, 0.25) is 0 Å². The molecule has 0 saturated heterocycles. The summed E-state index contributed by atoms with van der Waals surface area (Å²) in [5.41, 5.74) is 1.48. The van der Waals surface area contributed by atoms with Crippen molar-refractivity contribution in [3.8, 4) is 0 Å². The van der Waals surface area contributed by atoms with Gasteiger partial charge < -0.3 is 0 Å². The smallest absolute Gasteiger partial charge is 0.0201 e. The van der Waals surface area contributed by atoms with Crippen LogP contribution in [0.3, 0.4) is 0 Å². The van der Waals surface area contributed by atoms with Crippen molar-refractivity contribution in [1.29, 1.82) is 0 Å². The minimum Gasteiger partial charge on any atom is -0.0951 e. The van der Waals surface area contributed by atoms with E-state index in [4.69, 9.17) is 0 Å². The highest BCUT2D eigenvalue weighted by Gasteiger charge is 1.99. The zero-order valence-corrected chi connectivity index (χ0v) is 9.20. The van der Waals surface area contributed by atoms with Crippen molar-refractivity contribution >= 4 is 15.5 Å². The predicted molar refractivity (Wildman–Crippen MR) is 64.2 cm³/mol. The normalized spacial score (nSPS) is 20.1. The van der Waals surface area contributed by atoms with Gasteiger partial charge in [-0.3, -0.25) is 0 Å². The van der Waals surface area contributed by atoms with Crippen LogP contribution in [0, 0.1) is 0 Å². The average molecular weight is 194 g/mol. The second kappa shape index (κ2) is 6.01. The number of hydrogen-bond acceptors (Lipinski definition) is 0. The maximum absolute atomic E-state index is 3.68. The molecule has 0 saturated carbocycles. The fraction of sp³-hybridized carbons (Fsp3) is 0.500. The van der Waals surface area contributed by atoms with E-state index in [-0.39, 0.29) is 10.5 Å². The fourth-order valence-corrected chi connectivity index (χ4v) is 2.49. The SMILES string of the molecule is C=C=S1C=CC(CCCCCC)=C1. The third-order valence-corrected chi connectivity index (χ3v) is 3.51. The molecule has 0 radical (unpaired) electrons. The topological polar surface area (TPSA) is 0 Å². The molecular weight excluding hydrogens is 176 g/mol. The highest BCUT2D eigenvalue weighted by Crippen LogP contribution is 2.28. The van der Waals surface area contributed by atoms with Crippen LogP contribution in [0.15, 0.2) is 29.0 Å². The summed E-state index contributed by atoms with van der Waals surface area (Å²) in [5.74, 6) is 0. The van der Waals surface area contributed by atoms with Crippen LogP contribution in [-0.2, 0) is 0 Å². The van der Waals surface area contributed by atoms with Gasteiger partial charge >= 0.3 is 0 Å². The Balaban J connectivity index is 2.24. The van der Waals surface area contributed by atoms with Gasteiger partial charge in [-0.25, -0.2) is 0 Å². The van der Waals surface area contributed by atoms with Crippen LogP contribution in [0.1, 0.15) is 39.0 Å². The molecule has 0 bridgehead atoms. The van der Waals surface area contributed by atoms with Crippen molar-refractivity contribution in [1.82, 2.24) is 0 Å². The van der Waals surface area contributed by atoms with Crippen LogP contribution in [0.4, 0.5) is 0 Å². The molecule has 0 N–H and O–H groups in total. The minimum atomic E-state index is 0.125. The molecule has 1 heteroatoms. The van der Waals surface area contributed by atoms with E-state index >= 15 is 0 Å². The first-order chi connectivity index (χ1) is 6.36. The van der Waals surface area contributed by atoms with Crippen LogP contribution in [0.2, 0.25) is 0 Å². The lowest BCUT2D eigenvalue weighted by Crippen LogP contribution is -1.78. The third-order valence-electron chi connectivity index (χ3n) is 2.19. The summed E-state index contributed by atoms with van der Waals surface area (Å²) < 4.78 is 0. The van der Waals surface area contributed by atoms with E-state index in [0.29, 0.717) is 0 Å². The molecule has 0 spiro atoms. The average Bonchev–Trinajstić information content (AvgIpc) is 2.60. The van der Waals surface area contributed by atoms with Gasteiger partial charge in [-0.1, -0.05) is 47.8 Å². The summed E-state index contributed by atoms with van der Waals surface area (Å²) in [5, 5.41) is 7.50. The summed E-state index contributed by atoms with van der Waals surface area (Å²) in [4.78, 5) is 0. The standard InChI is InChI=1S/C12H18S/c1-3-5-6-7-8-12-9-10-13(4-2)11-12/h9-11H,2-3,5-8H2,1H3. The van der Waals surface area contributed by atoms with Crippen LogP contribution < -0.4 is 0 Å². The zero-order valence-electron chi connectivity index (χ0n) is 8.38. The molecule has 1 unspecified atom stereocenters. The summed E-state index contributed by atoms with van der Waals surface area (Å²) in [6.07, 6.45) is 8.86. The van der Waals surface area contributed by atoms with Crippen molar-refractivity contribution < 1.29 is 0 Å². The van der Waals surface area contributed by atoms with Gasteiger partial charge in [0.25, 0.3) is 0 Å². The first kappa shape index (κ1) is 10.6. The molecule has 0 aromatic carbocycles. The van der Waals surface area contributed by atoms with E-state index in [1.807, 2.05) is 0 Å². The van der Waals surface area contributed by atoms with Gasteiger partial charge in [-0.15, -0.1) is 0 Å². The highest BCUT2D eigenvalue weighted by atomic mass is 32.2. The minimum absolute atomic E-state index is 0.125.